The maximum atomic E-state index is 12.3. The summed E-state index contributed by atoms with van der Waals surface area (Å²) in [5.74, 6) is 0.423. The number of hydrogen-bond donors (Lipinski definition) is 1. The lowest BCUT2D eigenvalue weighted by Crippen LogP contribution is -2.40. The molecule has 1 fully saturated rings. The van der Waals surface area contributed by atoms with Gasteiger partial charge in [-0.25, -0.2) is 0 Å². The number of aromatic nitrogens is 1. The molecular weight excluding hydrogens is 270 g/mol. The molecule has 1 N–H and O–H groups in total. The Morgan fingerprint density at radius 3 is 2.67 bits per heavy atom. The first-order valence-corrected chi connectivity index (χ1v) is 7.57. The third-order valence-corrected chi connectivity index (χ3v) is 3.97. The lowest BCUT2D eigenvalue weighted by atomic mass is 10.1. The van der Waals surface area contributed by atoms with Gasteiger partial charge < -0.3 is 4.98 Å². The summed E-state index contributed by atoms with van der Waals surface area (Å²) in [7, 11) is 0. The molecule has 1 aromatic heterocycles. The van der Waals surface area contributed by atoms with Crippen molar-refractivity contribution in [3.63, 3.8) is 0 Å². The van der Waals surface area contributed by atoms with Crippen molar-refractivity contribution in [2.24, 2.45) is 5.92 Å². The van der Waals surface area contributed by atoms with E-state index in [2.05, 4.69) is 23.7 Å². The fraction of sp³-hybridized carbons (Fsp3) is 0.667. The highest BCUT2D eigenvalue weighted by atomic mass is 16.6. The first kappa shape index (κ1) is 15.7. The molecule has 116 valence electrons. The molecule has 1 saturated carbocycles. The molecule has 1 aliphatic rings. The van der Waals surface area contributed by atoms with E-state index in [4.69, 9.17) is 0 Å². The Morgan fingerprint density at radius 2 is 2.14 bits per heavy atom. The minimum absolute atomic E-state index is 0.0605. The van der Waals surface area contributed by atoms with Crippen LogP contribution in [0.4, 0.5) is 5.69 Å². The number of nitrogens with zero attached hydrogens (tertiary/aromatic N) is 2. The van der Waals surface area contributed by atoms with Crippen molar-refractivity contribution in [3.05, 3.63) is 28.1 Å². The van der Waals surface area contributed by atoms with Crippen molar-refractivity contribution in [1.29, 1.82) is 0 Å². The number of carbonyl (C=O) groups is 1. The average Bonchev–Trinajstić information content (AvgIpc) is 3.09. The summed E-state index contributed by atoms with van der Waals surface area (Å²) in [4.78, 5) is 27.5. The molecule has 0 unspecified atom stereocenters. The maximum Gasteiger partial charge on any atom is 0.287 e. The summed E-state index contributed by atoms with van der Waals surface area (Å²) in [6.45, 7) is 5.51. The fourth-order valence-corrected chi connectivity index (χ4v) is 3.00. The van der Waals surface area contributed by atoms with Crippen molar-refractivity contribution < 1.29 is 9.72 Å². The van der Waals surface area contributed by atoms with Gasteiger partial charge in [0.25, 0.3) is 5.69 Å². The third-order valence-electron chi connectivity index (χ3n) is 3.97. The van der Waals surface area contributed by atoms with Gasteiger partial charge in [0.1, 0.15) is 0 Å². The van der Waals surface area contributed by atoms with Gasteiger partial charge in [0.15, 0.2) is 5.78 Å². The van der Waals surface area contributed by atoms with E-state index in [0.29, 0.717) is 24.2 Å². The first-order valence-electron chi connectivity index (χ1n) is 7.57. The van der Waals surface area contributed by atoms with E-state index in [1.165, 1.54) is 25.1 Å². The topological polar surface area (TPSA) is 79.2 Å². The minimum Gasteiger partial charge on any atom is -0.353 e. The molecule has 1 heterocycles. The zero-order chi connectivity index (χ0) is 15.4. The standard InChI is InChI=1S/C15H23N3O3/c1-11(2)9-17(12-5-3-4-6-12)10-15(19)14-7-13(8-16-14)18(20)21/h7-8,11-12,16H,3-6,9-10H2,1-2H3. The normalized spacial score (nSPS) is 16.0. The van der Waals surface area contributed by atoms with Crippen LogP contribution in [0, 0.1) is 16.0 Å². The highest BCUT2D eigenvalue weighted by molar-refractivity contribution is 5.96. The summed E-state index contributed by atoms with van der Waals surface area (Å²) in [5, 5.41) is 10.7. The molecule has 0 bridgehead atoms. The molecule has 6 heteroatoms. The Balaban J connectivity index is 2.03. The second-order valence-electron chi connectivity index (χ2n) is 6.21. The number of ketones is 1. The first-order chi connectivity index (χ1) is 9.97. The number of hydrogen-bond acceptors (Lipinski definition) is 4. The van der Waals surface area contributed by atoms with Crippen molar-refractivity contribution >= 4 is 11.5 Å². The van der Waals surface area contributed by atoms with E-state index in [1.54, 1.807) is 0 Å². The number of carbonyl (C=O) groups excluding carboxylic acids is 1. The third kappa shape index (κ3) is 4.14. The molecule has 1 aromatic rings. The Kier molecular flexibility index (Phi) is 5.12. The van der Waals surface area contributed by atoms with Crippen LogP contribution < -0.4 is 0 Å². The monoisotopic (exact) mass is 293 g/mol. The summed E-state index contributed by atoms with van der Waals surface area (Å²) in [6.07, 6.45) is 6.01. The van der Waals surface area contributed by atoms with E-state index < -0.39 is 4.92 Å². The molecule has 1 aliphatic carbocycles. The van der Waals surface area contributed by atoms with E-state index in [1.807, 2.05) is 0 Å². The largest absolute Gasteiger partial charge is 0.353 e. The van der Waals surface area contributed by atoms with Gasteiger partial charge in [0, 0.05) is 18.7 Å². The number of nitro groups is 1. The van der Waals surface area contributed by atoms with Crippen LogP contribution in [-0.2, 0) is 0 Å². The molecule has 0 amide bonds. The van der Waals surface area contributed by atoms with Crippen LogP contribution in [0.1, 0.15) is 50.0 Å². The lowest BCUT2D eigenvalue weighted by Gasteiger charge is -2.29. The van der Waals surface area contributed by atoms with Gasteiger partial charge in [-0.05, 0) is 18.8 Å². The van der Waals surface area contributed by atoms with Crippen molar-refractivity contribution in [3.8, 4) is 0 Å². The molecule has 0 saturated heterocycles. The molecule has 0 atom stereocenters. The van der Waals surface area contributed by atoms with Gasteiger partial charge in [-0.15, -0.1) is 0 Å². The zero-order valence-electron chi connectivity index (χ0n) is 12.7. The van der Waals surface area contributed by atoms with Crippen molar-refractivity contribution in [2.45, 2.75) is 45.6 Å². The summed E-state index contributed by atoms with van der Waals surface area (Å²) in [5.41, 5.74) is 0.267. The molecule has 0 aromatic carbocycles. The lowest BCUT2D eigenvalue weighted by molar-refractivity contribution is -0.384. The maximum absolute atomic E-state index is 12.3. The van der Waals surface area contributed by atoms with E-state index in [-0.39, 0.29) is 11.5 Å². The number of aromatic amines is 1. The van der Waals surface area contributed by atoms with Crippen LogP contribution >= 0.6 is 0 Å². The van der Waals surface area contributed by atoms with E-state index >= 15 is 0 Å². The van der Waals surface area contributed by atoms with Crippen molar-refractivity contribution in [1.82, 2.24) is 9.88 Å². The Bertz CT molecular complexity index is 504. The molecule has 6 nitrogen and oxygen atoms in total. The SMILES string of the molecule is CC(C)CN(CC(=O)c1cc([N+](=O)[O-])c[nH]1)C1CCCC1. The molecule has 0 spiro atoms. The fourth-order valence-electron chi connectivity index (χ4n) is 3.00. The zero-order valence-corrected chi connectivity index (χ0v) is 12.7. The van der Waals surface area contributed by atoms with Crippen LogP contribution in [0.25, 0.3) is 0 Å². The van der Waals surface area contributed by atoms with Crippen LogP contribution in [0.15, 0.2) is 12.3 Å². The average molecular weight is 293 g/mol. The van der Waals surface area contributed by atoms with E-state index in [0.717, 1.165) is 19.4 Å². The van der Waals surface area contributed by atoms with E-state index in [9.17, 15) is 14.9 Å². The predicted molar refractivity (Wildman–Crippen MR) is 80.4 cm³/mol. The van der Waals surface area contributed by atoms with Crippen LogP contribution in [0.5, 0.6) is 0 Å². The van der Waals surface area contributed by atoms with Crippen LogP contribution in [-0.4, -0.2) is 39.7 Å². The molecule has 21 heavy (non-hydrogen) atoms. The van der Waals surface area contributed by atoms with Crippen LogP contribution in [0.3, 0.4) is 0 Å². The number of rotatable bonds is 7. The highest BCUT2D eigenvalue weighted by Crippen LogP contribution is 2.24. The quantitative estimate of drug-likeness (QED) is 0.476. The Morgan fingerprint density at radius 1 is 1.48 bits per heavy atom. The van der Waals surface area contributed by atoms with Gasteiger partial charge in [-0.3, -0.25) is 19.8 Å². The molecule has 0 radical (unpaired) electrons. The number of nitrogens with one attached hydrogen (secondary N) is 1. The summed E-state index contributed by atoms with van der Waals surface area (Å²) >= 11 is 0. The van der Waals surface area contributed by atoms with Gasteiger partial charge in [-0.1, -0.05) is 26.7 Å². The second kappa shape index (κ2) is 6.85. The molecule has 0 aliphatic heterocycles. The summed E-state index contributed by atoms with van der Waals surface area (Å²) in [6, 6.07) is 1.80. The second-order valence-corrected chi connectivity index (χ2v) is 6.21. The minimum atomic E-state index is -0.490. The number of H-pyrrole nitrogens is 1. The Hall–Kier alpha value is -1.69. The Labute approximate surface area is 124 Å². The summed E-state index contributed by atoms with van der Waals surface area (Å²) < 4.78 is 0. The number of Topliss-reactive ketones (excluding diaryl/α,β-unsaturated/α-hetero) is 1. The molecule has 2 rings (SSSR count). The van der Waals surface area contributed by atoms with Gasteiger partial charge in [-0.2, -0.15) is 0 Å². The highest BCUT2D eigenvalue weighted by Gasteiger charge is 2.26. The van der Waals surface area contributed by atoms with Gasteiger partial charge >= 0.3 is 0 Å². The smallest absolute Gasteiger partial charge is 0.287 e. The van der Waals surface area contributed by atoms with Gasteiger partial charge in [0.05, 0.1) is 23.4 Å². The van der Waals surface area contributed by atoms with Gasteiger partial charge in [0.2, 0.25) is 0 Å². The predicted octanol–water partition coefficient (Wildman–Crippen LogP) is 3.01. The van der Waals surface area contributed by atoms with Crippen molar-refractivity contribution in [2.75, 3.05) is 13.1 Å². The molecular formula is C15H23N3O3. The van der Waals surface area contributed by atoms with Crippen LogP contribution in [0.2, 0.25) is 0 Å².